The first kappa shape index (κ1) is 13.9. The van der Waals surface area contributed by atoms with Crippen molar-refractivity contribution in [1.82, 2.24) is 10.2 Å². The highest BCUT2D eigenvalue weighted by Crippen LogP contribution is 2.19. The number of nitrogens with one attached hydrogen (secondary N) is 1. The largest absolute Gasteiger partial charge is 0.342 e. The van der Waals surface area contributed by atoms with Crippen molar-refractivity contribution in [3.63, 3.8) is 0 Å². The molecule has 1 aromatic carbocycles. The monoisotopic (exact) mass is 268 g/mol. The van der Waals surface area contributed by atoms with Gasteiger partial charge < -0.3 is 10.2 Å². The number of hydrogen-bond acceptors (Lipinski definition) is 2. The van der Waals surface area contributed by atoms with Gasteiger partial charge in [-0.15, -0.1) is 0 Å². The molecule has 1 N–H and O–H groups in total. The van der Waals surface area contributed by atoms with Gasteiger partial charge in [0.25, 0.3) is 0 Å². The standard InChI is InChI=1S/C14H18F2N2O/c1-17-8-10-5-6-18(9-10)14(19)7-11-12(15)3-2-4-13(11)16/h2-4,10,17H,5-9H2,1H3. The maximum Gasteiger partial charge on any atom is 0.227 e. The average molecular weight is 268 g/mol. The summed E-state index contributed by atoms with van der Waals surface area (Å²) >= 11 is 0. The zero-order valence-corrected chi connectivity index (χ0v) is 11.0. The summed E-state index contributed by atoms with van der Waals surface area (Å²) in [6.07, 6.45) is 0.733. The second-order valence-electron chi connectivity index (χ2n) is 4.93. The van der Waals surface area contributed by atoms with Gasteiger partial charge in [-0.1, -0.05) is 6.07 Å². The van der Waals surface area contributed by atoms with Crippen molar-refractivity contribution >= 4 is 5.91 Å². The van der Waals surface area contributed by atoms with Gasteiger partial charge in [0.05, 0.1) is 6.42 Å². The molecule has 0 spiro atoms. The quantitative estimate of drug-likeness (QED) is 0.899. The first-order chi connectivity index (χ1) is 9.11. The van der Waals surface area contributed by atoms with E-state index in [1.165, 1.54) is 18.2 Å². The second-order valence-corrected chi connectivity index (χ2v) is 4.93. The Labute approximate surface area is 111 Å². The molecule has 1 amide bonds. The van der Waals surface area contributed by atoms with Crippen LogP contribution < -0.4 is 5.32 Å². The Bertz CT molecular complexity index is 445. The van der Waals surface area contributed by atoms with Crippen LogP contribution >= 0.6 is 0 Å². The summed E-state index contributed by atoms with van der Waals surface area (Å²) in [6.45, 7) is 2.19. The van der Waals surface area contributed by atoms with Crippen LogP contribution in [0.5, 0.6) is 0 Å². The zero-order chi connectivity index (χ0) is 13.8. The zero-order valence-electron chi connectivity index (χ0n) is 11.0. The third-order valence-corrected chi connectivity index (χ3v) is 3.52. The molecule has 0 bridgehead atoms. The fourth-order valence-corrected chi connectivity index (χ4v) is 2.48. The van der Waals surface area contributed by atoms with Crippen molar-refractivity contribution < 1.29 is 13.6 Å². The van der Waals surface area contributed by atoms with Crippen LogP contribution in [-0.2, 0) is 11.2 Å². The molecule has 0 radical (unpaired) electrons. The molecule has 19 heavy (non-hydrogen) atoms. The first-order valence-electron chi connectivity index (χ1n) is 6.47. The van der Waals surface area contributed by atoms with Gasteiger partial charge in [-0.3, -0.25) is 4.79 Å². The van der Waals surface area contributed by atoms with Crippen LogP contribution in [-0.4, -0.2) is 37.5 Å². The number of nitrogens with zero attached hydrogens (tertiary/aromatic N) is 1. The molecule has 1 aliphatic heterocycles. The van der Waals surface area contributed by atoms with E-state index in [4.69, 9.17) is 0 Å². The van der Waals surface area contributed by atoms with E-state index in [0.717, 1.165) is 13.0 Å². The van der Waals surface area contributed by atoms with Crippen LogP contribution in [0, 0.1) is 17.6 Å². The minimum atomic E-state index is -0.653. The van der Waals surface area contributed by atoms with E-state index in [2.05, 4.69) is 5.32 Å². The highest BCUT2D eigenvalue weighted by atomic mass is 19.1. The summed E-state index contributed by atoms with van der Waals surface area (Å²) in [7, 11) is 1.87. The first-order valence-corrected chi connectivity index (χ1v) is 6.47. The van der Waals surface area contributed by atoms with Crippen molar-refractivity contribution in [2.24, 2.45) is 5.92 Å². The predicted octanol–water partition coefficient (Wildman–Crippen LogP) is 1.58. The Balaban J connectivity index is 1.98. The van der Waals surface area contributed by atoms with Crippen molar-refractivity contribution in [2.45, 2.75) is 12.8 Å². The summed E-state index contributed by atoms with van der Waals surface area (Å²) < 4.78 is 26.9. The van der Waals surface area contributed by atoms with Gasteiger partial charge in [-0.05, 0) is 38.1 Å². The number of halogens is 2. The predicted molar refractivity (Wildman–Crippen MR) is 68.7 cm³/mol. The third-order valence-electron chi connectivity index (χ3n) is 3.52. The molecule has 1 aliphatic rings. The van der Waals surface area contributed by atoms with E-state index in [9.17, 15) is 13.6 Å². The van der Waals surface area contributed by atoms with Gasteiger partial charge in [0.2, 0.25) is 5.91 Å². The van der Waals surface area contributed by atoms with E-state index in [1.54, 1.807) is 4.90 Å². The highest BCUT2D eigenvalue weighted by molar-refractivity contribution is 5.79. The van der Waals surface area contributed by atoms with Crippen LogP contribution in [0.25, 0.3) is 0 Å². The van der Waals surface area contributed by atoms with Gasteiger partial charge in [0, 0.05) is 18.7 Å². The Morgan fingerprint density at radius 1 is 1.42 bits per heavy atom. The van der Waals surface area contributed by atoms with Crippen LogP contribution in [0.3, 0.4) is 0 Å². The lowest BCUT2D eigenvalue weighted by atomic mass is 10.1. The second kappa shape index (κ2) is 6.10. The lowest BCUT2D eigenvalue weighted by Gasteiger charge is -2.17. The molecular formula is C14H18F2N2O. The van der Waals surface area contributed by atoms with E-state index in [-0.39, 0.29) is 17.9 Å². The third kappa shape index (κ3) is 3.29. The summed E-state index contributed by atoms with van der Waals surface area (Å²) in [5, 5.41) is 3.08. The molecule has 0 aromatic heterocycles. The summed E-state index contributed by atoms with van der Waals surface area (Å²) in [5.74, 6) is -1.08. The molecule has 2 rings (SSSR count). The highest BCUT2D eigenvalue weighted by Gasteiger charge is 2.26. The molecule has 1 atom stereocenters. The molecule has 104 valence electrons. The Hall–Kier alpha value is -1.49. The van der Waals surface area contributed by atoms with Crippen LogP contribution in [0.2, 0.25) is 0 Å². The normalized spacial score (nSPS) is 18.9. The van der Waals surface area contributed by atoms with Crippen molar-refractivity contribution in [3.8, 4) is 0 Å². The molecule has 0 saturated carbocycles. The van der Waals surface area contributed by atoms with Crippen molar-refractivity contribution in [1.29, 1.82) is 0 Å². The van der Waals surface area contributed by atoms with Gasteiger partial charge in [-0.25, -0.2) is 8.78 Å². The molecule has 5 heteroatoms. The minimum Gasteiger partial charge on any atom is -0.342 e. The Morgan fingerprint density at radius 2 is 2.11 bits per heavy atom. The molecule has 0 aliphatic carbocycles. The van der Waals surface area contributed by atoms with Crippen LogP contribution in [0.1, 0.15) is 12.0 Å². The Kier molecular flexibility index (Phi) is 4.47. The Morgan fingerprint density at radius 3 is 2.74 bits per heavy atom. The molecule has 1 saturated heterocycles. The van der Waals surface area contributed by atoms with Gasteiger partial charge >= 0.3 is 0 Å². The molecule has 1 heterocycles. The minimum absolute atomic E-state index is 0.135. The van der Waals surface area contributed by atoms with Gasteiger partial charge in [0.15, 0.2) is 0 Å². The molecular weight excluding hydrogens is 250 g/mol. The number of carbonyl (C=O) groups excluding carboxylic acids is 1. The van der Waals surface area contributed by atoms with E-state index in [1.807, 2.05) is 7.05 Å². The number of carbonyl (C=O) groups is 1. The summed E-state index contributed by atoms with van der Waals surface area (Å²) in [4.78, 5) is 13.7. The lowest BCUT2D eigenvalue weighted by molar-refractivity contribution is -0.129. The van der Waals surface area contributed by atoms with Gasteiger partial charge in [0.1, 0.15) is 11.6 Å². The SMILES string of the molecule is CNCC1CCN(C(=O)Cc2c(F)cccc2F)C1. The van der Waals surface area contributed by atoms with E-state index < -0.39 is 11.6 Å². The molecule has 1 aromatic rings. The van der Waals surface area contributed by atoms with E-state index >= 15 is 0 Å². The number of rotatable bonds is 4. The number of benzene rings is 1. The molecule has 3 nitrogen and oxygen atoms in total. The van der Waals surface area contributed by atoms with Crippen molar-refractivity contribution in [2.75, 3.05) is 26.7 Å². The maximum absolute atomic E-state index is 13.5. The van der Waals surface area contributed by atoms with Gasteiger partial charge in [-0.2, -0.15) is 0 Å². The van der Waals surface area contributed by atoms with Crippen LogP contribution in [0.15, 0.2) is 18.2 Å². The number of hydrogen-bond donors (Lipinski definition) is 1. The topological polar surface area (TPSA) is 32.3 Å². The summed E-state index contributed by atoms with van der Waals surface area (Å²) in [5.41, 5.74) is -0.135. The number of amides is 1. The molecule has 1 unspecified atom stereocenters. The smallest absolute Gasteiger partial charge is 0.227 e. The molecule has 1 fully saturated rings. The van der Waals surface area contributed by atoms with Crippen molar-refractivity contribution in [3.05, 3.63) is 35.4 Å². The fraction of sp³-hybridized carbons (Fsp3) is 0.500. The van der Waals surface area contributed by atoms with E-state index in [0.29, 0.717) is 19.0 Å². The summed E-state index contributed by atoms with van der Waals surface area (Å²) in [6, 6.07) is 3.66. The number of likely N-dealkylation sites (tertiary alicyclic amines) is 1. The maximum atomic E-state index is 13.5. The lowest BCUT2D eigenvalue weighted by Crippen LogP contribution is -2.32. The fourth-order valence-electron chi connectivity index (χ4n) is 2.48. The van der Waals surface area contributed by atoms with Crippen LogP contribution in [0.4, 0.5) is 8.78 Å². The average Bonchev–Trinajstić information content (AvgIpc) is 2.83.